The SMILES string of the molecule is COc1ccc(S(=O)(=O)NC(Cc2ccccc2)C(=O)NCc2ccccc2)cc1OC. The van der Waals surface area contributed by atoms with E-state index in [2.05, 4.69) is 10.0 Å². The molecule has 1 unspecified atom stereocenters. The Balaban J connectivity index is 1.83. The summed E-state index contributed by atoms with van der Waals surface area (Å²) in [6.45, 7) is 0.295. The van der Waals surface area contributed by atoms with Crippen LogP contribution < -0.4 is 19.5 Å². The predicted octanol–water partition coefficient (Wildman–Crippen LogP) is 2.91. The first kappa shape index (κ1) is 23.3. The zero-order chi connectivity index (χ0) is 23.0. The van der Waals surface area contributed by atoms with Crippen molar-refractivity contribution in [2.75, 3.05) is 14.2 Å². The van der Waals surface area contributed by atoms with Crippen molar-refractivity contribution in [1.82, 2.24) is 10.0 Å². The minimum absolute atomic E-state index is 0.0240. The molecule has 0 saturated heterocycles. The molecule has 0 radical (unpaired) electrons. The number of hydrogen-bond acceptors (Lipinski definition) is 5. The number of sulfonamides is 1. The van der Waals surface area contributed by atoms with E-state index in [-0.39, 0.29) is 17.1 Å². The number of hydrogen-bond donors (Lipinski definition) is 2. The van der Waals surface area contributed by atoms with Crippen molar-refractivity contribution in [1.29, 1.82) is 0 Å². The fourth-order valence-electron chi connectivity index (χ4n) is 3.18. The van der Waals surface area contributed by atoms with Crippen LogP contribution in [0.5, 0.6) is 11.5 Å². The highest BCUT2D eigenvalue weighted by molar-refractivity contribution is 7.89. The van der Waals surface area contributed by atoms with E-state index in [1.165, 1.54) is 32.4 Å². The van der Waals surface area contributed by atoms with Crippen molar-refractivity contribution in [3.05, 3.63) is 90.0 Å². The molecule has 0 aliphatic heterocycles. The minimum Gasteiger partial charge on any atom is -0.493 e. The van der Waals surface area contributed by atoms with Crippen LogP contribution in [-0.2, 0) is 27.8 Å². The summed E-state index contributed by atoms with van der Waals surface area (Å²) in [6, 6.07) is 22.0. The van der Waals surface area contributed by atoms with Gasteiger partial charge in [0.2, 0.25) is 15.9 Å². The molecule has 0 aliphatic carbocycles. The molecule has 3 aromatic rings. The van der Waals surface area contributed by atoms with Crippen LogP contribution >= 0.6 is 0 Å². The Morgan fingerprint density at radius 2 is 1.44 bits per heavy atom. The Morgan fingerprint density at radius 3 is 2.03 bits per heavy atom. The van der Waals surface area contributed by atoms with Crippen molar-refractivity contribution in [3.8, 4) is 11.5 Å². The largest absolute Gasteiger partial charge is 0.493 e. The molecule has 7 nitrogen and oxygen atoms in total. The molecular weight excluding hydrogens is 428 g/mol. The second-order valence-electron chi connectivity index (χ2n) is 7.08. The summed E-state index contributed by atoms with van der Waals surface area (Å²) < 4.78 is 39.1. The number of rotatable bonds is 10. The summed E-state index contributed by atoms with van der Waals surface area (Å²) in [5, 5.41) is 2.82. The smallest absolute Gasteiger partial charge is 0.241 e. The lowest BCUT2D eigenvalue weighted by atomic mass is 10.1. The second-order valence-corrected chi connectivity index (χ2v) is 8.80. The maximum absolute atomic E-state index is 13.1. The third-order valence-corrected chi connectivity index (χ3v) is 6.34. The molecule has 0 aromatic heterocycles. The molecule has 3 rings (SSSR count). The van der Waals surface area contributed by atoms with Crippen molar-refractivity contribution >= 4 is 15.9 Å². The van der Waals surface area contributed by atoms with Crippen LogP contribution in [0, 0.1) is 0 Å². The molecule has 0 saturated carbocycles. The number of methoxy groups -OCH3 is 2. The molecular formula is C24H26N2O5S. The van der Waals surface area contributed by atoms with Gasteiger partial charge in [-0.25, -0.2) is 8.42 Å². The van der Waals surface area contributed by atoms with Crippen molar-refractivity contribution in [2.45, 2.75) is 23.9 Å². The Kier molecular flexibility index (Phi) is 7.86. The summed E-state index contributed by atoms with van der Waals surface area (Å²) in [5.74, 6) is 0.276. The van der Waals surface area contributed by atoms with Gasteiger partial charge in [0.25, 0.3) is 0 Å². The third kappa shape index (κ3) is 6.09. The Labute approximate surface area is 188 Å². The summed E-state index contributed by atoms with van der Waals surface area (Å²) in [5.41, 5.74) is 1.75. The lowest BCUT2D eigenvalue weighted by Gasteiger charge is -2.19. The van der Waals surface area contributed by atoms with Crippen molar-refractivity contribution < 1.29 is 22.7 Å². The fourth-order valence-corrected chi connectivity index (χ4v) is 4.40. The maximum atomic E-state index is 13.1. The molecule has 3 aromatic carbocycles. The van der Waals surface area contributed by atoms with E-state index < -0.39 is 22.0 Å². The number of nitrogens with one attached hydrogen (secondary N) is 2. The quantitative estimate of drug-likeness (QED) is 0.491. The van der Waals surface area contributed by atoms with Crippen LogP contribution in [0.25, 0.3) is 0 Å². The number of ether oxygens (including phenoxy) is 2. The molecule has 0 aliphatic rings. The van der Waals surface area contributed by atoms with Crippen LogP contribution in [0.1, 0.15) is 11.1 Å². The van der Waals surface area contributed by atoms with E-state index >= 15 is 0 Å². The standard InChI is InChI=1S/C24H26N2O5S/c1-30-22-14-13-20(16-23(22)31-2)32(28,29)26-21(15-18-9-5-3-6-10-18)24(27)25-17-19-11-7-4-8-12-19/h3-14,16,21,26H,15,17H2,1-2H3,(H,25,27). The van der Waals surface area contributed by atoms with Gasteiger partial charge in [-0.1, -0.05) is 60.7 Å². The van der Waals surface area contributed by atoms with E-state index in [1.807, 2.05) is 60.7 Å². The first-order chi connectivity index (χ1) is 15.4. The minimum atomic E-state index is -4.01. The monoisotopic (exact) mass is 454 g/mol. The fraction of sp³-hybridized carbons (Fsp3) is 0.208. The van der Waals surface area contributed by atoms with Crippen molar-refractivity contribution in [2.24, 2.45) is 0 Å². The van der Waals surface area contributed by atoms with Crippen LogP contribution in [0.2, 0.25) is 0 Å². The summed E-state index contributed by atoms with van der Waals surface area (Å²) >= 11 is 0. The van der Waals surface area contributed by atoms with Gasteiger partial charge >= 0.3 is 0 Å². The van der Waals surface area contributed by atoms with E-state index in [9.17, 15) is 13.2 Å². The van der Waals surface area contributed by atoms with Gasteiger partial charge in [0.05, 0.1) is 19.1 Å². The highest BCUT2D eigenvalue weighted by atomic mass is 32.2. The summed E-state index contributed by atoms with van der Waals surface area (Å²) in [7, 11) is -1.11. The van der Waals surface area contributed by atoms with Gasteiger partial charge in [0.1, 0.15) is 6.04 Å². The molecule has 1 atom stereocenters. The number of amides is 1. The van der Waals surface area contributed by atoms with Gasteiger partial charge in [-0.05, 0) is 29.7 Å². The van der Waals surface area contributed by atoms with Crippen molar-refractivity contribution in [3.63, 3.8) is 0 Å². The van der Waals surface area contributed by atoms with Gasteiger partial charge in [0.15, 0.2) is 11.5 Å². The molecule has 1 amide bonds. The average Bonchev–Trinajstić information content (AvgIpc) is 2.82. The molecule has 0 heterocycles. The lowest BCUT2D eigenvalue weighted by molar-refractivity contribution is -0.122. The average molecular weight is 455 g/mol. The molecule has 0 spiro atoms. The summed E-state index contributed by atoms with van der Waals surface area (Å²) in [4.78, 5) is 12.9. The molecule has 2 N–H and O–H groups in total. The predicted molar refractivity (Wildman–Crippen MR) is 122 cm³/mol. The first-order valence-electron chi connectivity index (χ1n) is 10.0. The molecule has 32 heavy (non-hydrogen) atoms. The maximum Gasteiger partial charge on any atom is 0.241 e. The highest BCUT2D eigenvalue weighted by Gasteiger charge is 2.27. The molecule has 8 heteroatoms. The number of carbonyl (C=O) groups is 1. The topological polar surface area (TPSA) is 93.7 Å². The zero-order valence-corrected chi connectivity index (χ0v) is 18.8. The van der Waals surface area contributed by atoms with Gasteiger partial charge in [0, 0.05) is 12.6 Å². The van der Waals surface area contributed by atoms with Gasteiger partial charge < -0.3 is 14.8 Å². The van der Waals surface area contributed by atoms with Gasteiger partial charge in [-0.2, -0.15) is 4.72 Å². The lowest BCUT2D eigenvalue weighted by Crippen LogP contribution is -2.47. The zero-order valence-electron chi connectivity index (χ0n) is 17.9. The van der Waals surface area contributed by atoms with E-state index in [0.717, 1.165) is 11.1 Å². The van der Waals surface area contributed by atoms with Crippen LogP contribution in [0.15, 0.2) is 83.8 Å². The molecule has 0 bridgehead atoms. The second kappa shape index (κ2) is 10.8. The van der Waals surface area contributed by atoms with Gasteiger partial charge in [-0.15, -0.1) is 0 Å². The van der Waals surface area contributed by atoms with Crippen LogP contribution in [-0.4, -0.2) is 34.6 Å². The van der Waals surface area contributed by atoms with E-state index in [0.29, 0.717) is 12.3 Å². The molecule has 0 fully saturated rings. The Hall–Kier alpha value is -3.36. The Bertz CT molecular complexity index is 1140. The molecule has 168 valence electrons. The number of benzene rings is 3. The third-order valence-electron chi connectivity index (χ3n) is 4.87. The first-order valence-corrected chi connectivity index (χ1v) is 11.5. The normalized spacial score (nSPS) is 12.1. The summed E-state index contributed by atoms with van der Waals surface area (Å²) in [6.07, 6.45) is 0.202. The Morgan fingerprint density at radius 1 is 0.844 bits per heavy atom. The van der Waals surface area contributed by atoms with E-state index in [4.69, 9.17) is 9.47 Å². The van der Waals surface area contributed by atoms with Crippen LogP contribution in [0.3, 0.4) is 0 Å². The van der Waals surface area contributed by atoms with Gasteiger partial charge in [-0.3, -0.25) is 4.79 Å². The van der Waals surface area contributed by atoms with Crippen LogP contribution in [0.4, 0.5) is 0 Å². The van der Waals surface area contributed by atoms with E-state index in [1.54, 1.807) is 0 Å². The highest BCUT2D eigenvalue weighted by Crippen LogP contribution is 2.29. The number of carbonyl (C=O) groups excluding carboxylic acids is 1.